The number of piperidine rings is 1. The Labute approximate surface area is 90.7 Å². The van der Waals surface area contributed by atoms with E-state index >= 15 is 0 Å². The molecule has 1 saturated heterocycles. The number of nitrogens with one attached hydrogen (secondary N) is 1. The van der Waals surface area contributed by atoms with Crippen molar-refractivity contribution in [2.45, 2.75) is 32.2 Å². The first kappa shape index (κ1) is 10.4. The molecule has 0 aromatic heterocycles. The summed E-state index contributed by atoms with van der Waals surface area (Å²) in [7, 11) is 0. The van der Waals surface area contributed by atoms with Gasteiger partial charge >= 0.3 is 0 Å². The quantitative estimate of drug-likeness (QED) is 0.757. The lowest BCUT2D eigenvalue weighted by molar-refractivity contribution is -0.126. The zero-order chi connectivity index (χ0) is 10.9. The van der Waals surface area contributed by atoms with Gasteiger partial charge in [0.25, 0.3) is 0 Å². The lowest BCUT2D eigenvalue weighted by atomic mass is 9.81. The summed E-state index contributed by atoms with van der Waals surface area (Å²) in [4.78, 5) is 12.0. The van der Waals surface area contributed by atoms with Gasteiger partial charge in [-0.2, -0.15) is 0 Å². The molecule has 1 fully saturated rings. The average Bonchev–Trinajstić information content (AvgIpc) is 2.23. The van der Waals surface area contributed by atoms with Crippen LogP contribution in [-0.4, -0.2) is 12.3 Å². The van der Waals surface area contributed by atoms with Crippen LogP contribution < -0.4 is 5.32 Å². The molecule has 0 spiro atoms. The first-order valence-electron chi connectivity index (χ1n) is 5.49. The molecule has 1 heterocycles. The molecule has 2 nitrogen and oxygen atoms in total. The molecular formula is C13H17NO. The summed E-state index contributed by atoms with van der Waals surface area (Å²) in [6.45, 7) is 4.98. The highest BCUT2D eigenvalue weighted by molar-refractivity contribution is 5.90. The predicted molar refractivity (Wildman–Crippen MR) is 60.8 cm³/mol. The van der Waals surface area contributed by atoms with Crippen LogP contribution >= 0.6 is 0 Å². The summed E-state index contributed by atoms with van der Waals surface area (Å²) in [6, 6.07) is 8.11. The van der Waals surface area contributed by atoms with Gasteiger partial charge < -0.3 is 5.32 Å². The summed E-state index contributed by atoms with van der Waals surface area (Å²) < 4.78 is 0. The number of hydrogen-bond acceptors (Lipinski definition) is 2. The van der Waals surface area contributed by atoms with E-state index in [1.165, 1.54) is 5.56 Å². The van der Waals surface area contributed by atoms with E-state index in [9.17, 15) is 4.79 Å². The van der Waals surface area contributed by atoms with Gasteiger partial charge in [-0.3, -0.25) is 4.79 Å². The molecule has 0 saturated carbocycles. The molecule has 0 amide bonds. The van der Waals surface area contributed by atoms with Gasteiger partial charge in [0.2, 0.25) is 0 Å². The largest absolute Gasteiger partial charge is 0.301 e. The zero-order valence-corrected chi connectivity index (χ0v) is 9.34. The molecule has 1 unspecified atom stereocenters. The number of hydrogen-bond donors (Lipinski definition) is 1. The van der Waals surface area contributed by atoms with Crippen molar-refractivity contribution in [3.63, 3.8) is 0 Å². The summed E-state index contributed by atoms with van der Waals surface area (Å²) >= 11 is 0. The Balaban J connectivity index is 2.44. The molecule has 2 rings (SSSR count). The minimum absolute atomic E-state index is 0.308. The topological polar surface area (TPSA) is 29.1 Å². The molecule has 0 radical (unpaired) electrons. The molecule has 1 aromatic carbocycles. The maximum Gasteiger partial charge on any atom is 0.157 e. The first-order valence-corrected chi connectivity index (χ1v) is 5.49. The van der Waals surface area contributed by atoms with Crippen LogP contribution in [0.2, 0.25) is 0 Å². The van der Waals surface area contributed by atoms with Crippen molar-refractivity contribution >= 4 is 5.78 Å². The monoisotopic (exact) mass is 203 g/mol. The van der Waals surface area contributed by atoms with Crippen LogP contribution in [0.3, 0.4) is 0 Å². The smallest absolute Gasteiger partial charge is 0.157 e. The Morgan fingerprint density at radius 2 is 2.07 bits per heavy atom. The van der Waals surface area contributed by atoms with E-state index in [0.717, 1.165) is 18.5 Å². The van der Waals surface area contributed by atoms with Crippen molar-refractivity contribution in [3.8, 4) is 0 Å². The van der Waals surface area contributed by atoms with Crippen molar-refractivity contribution in [2.75, 3.05) is 6.54 Å². The number of aryl methyl sites for hydroxylation is 1. The second-order valence-corrected chi connectivity index (χ2v) is 4.39. The minimum Gasteiger partial charge on any atom is -0.301 e. The van der Waals surface area contributed by atoms with Crippen LogP contribution in [-0.2, 0) is 10.3 Å². The molecule has 2 heteroatoms. The van der Waals surface area contributed by atoms with Gasteiger partial charge in [-0.1, -0.05) is 24.3 Å². The van der Waals surface area contributed by atoms with E-state index in [4.69, 9.17) is 0 Å². The number of Topliss-reactive ketones (excluding diaryl/α,β-unsaturated/α-hetero) is 1. The average molecular weight is 203 g/mol. The molecule has 1 aromatic rings. The first-order chi connectivity index (χ1) is 7.14. The summed E-state index contributed by atoms with van der Waals surface area (Å²) in [5, 5.41) is 3.35. The Morgan fingerprint density at radius 1 is 1.33 bits per heavy atom. The highest BCUT2D eigenvalue weighted by atomic mass is 16.1. The van der Waals surface area contributed by atoms with Crippen LogP contribution in [0.4, 0.5) is 0 Å². The van der Waals surface area contributed by atoms with Crippen molar-refractivity contribution in [1.29, 1.82) is 0 Å². The van der Waals surface area contributed by atoms with Crippen molar-refractivity contribution in [1.82, 2.24) is 5.32 Å². The zero-order valence-electron chi connectivity index (χ0n) is 9.34. The van der Waals surface area contributed by atoms with E-state index in [1.807, 2.05) is 25.1 Å². The van der Waals surface area contributed by atoms with Crippen molar-refractivity contribution in [3.05, 3.63) is 35.4 Å². The number of carbonyl (C=O) groups is 1. The van der Waals surface area contributed by atoms with Crippen molar-refractivity contribution in [2.24, 2.45) is 0 Å². The van der Waals surface area contributed by atoms with Gasteiger partial charge in [0.1, 0.15) is 5.54 Å². The van der Waals surface area contributed by atoms with E-state index in [-0.39, 0.29) is 0 Å². The molecular weight excluding hydrogens is 186 g/mol. The van der Waals surface area contributed by atoms with E-state index in [2.05, 4.69) is 18.3 Å². The summed E-state index contributed by atoms with van der Waals surface area (Å²) in [6.07, 6.45) is 1.65. The second kappa shape index (κ2) is 3.78. The Hall–Kier alpha value is -1.15. The van der Waals surface area contributed by atoms with Gasteiger partial charge in [-0.05, 0) is 37.9 Å². The van der Waals surface area contributed by atoms with Gasteiger partial charge in [0.15, 0.2) is 5.78 Å². The molecule has 1 N–H and O–H groups in total. The maximum atomic E-state index is 12.0. The molecule has 15 heavy (non-hydrogen) atoms. The van der Waals surface area contributed by atoms with Gasteiger partial charge in [-0.15, -0.1) is 0 Å². The fourth-order valence-corrected chi connectivity index (χ4v) is 2.32. The highest BCUT2D eigenvalue weighted by Crippen LogP contribution is 2.28. The van der Waals surface area contributed by atoms with Crippen molar-refractivity contribution < 1.29 is 4.79 Å². The maximum absolute atomic E-state index is 12.0. The van der Waals surface area contributed by atoms with E-state index in [0.29, 0.717) is 12.2 Å². The Kier molecular flexibility index (Phi) is 2.61. The van der Waals surface area contributed by atoms with Gasteiger partial charge in [-0.25, -0.2) is 0 Å². The second-order valence-electron chi connectivity index (χ2n) is 4.39. The lowest BCUT2D eigenvalue weighted by Gasteiger charge is -2.34. The number of rotatable bonds is 1. The minimum atomic E-state index is -0.469. The van der Waals surface area contributed by atoms with Crippen LogP contribution in [0.5, 0.6) is 0 Å². The third-order valence-corrected chi connectivity index (χ3v) is 3.30. The summed E-state index contributed by atoms with van der Waals surface area (Å²) in [5.41, 5.74) is 1.83. The normalized spacial score (nSPS) is 26.7. The van der Waals surface area contributed by atoms with Gasteiger partial charge in [0.05, 0.1) is 0 Å². The highest BCUT2D eigenvalue weighted by Gasteiger charge is 2.37. The Morgan fingerprint density at radius 3 is 2.73 bits per heavy atom. The van der Waals surface area contributed by atoms with Crippen LogP contribution in [0.1, 0.15) is 30.9 Å². The molecule has 0 aliphatic carbocycles. The third-order valence-electron chi connectivity index (χ3n) is 3.30. The molecule has 1 aliphatic rings. The molecule has 1 aliphatic heterocycles. The fourth-order valence-electron chi connectivity index (χ4n) is 2.32. The Bertz CT molecular complexity index is 386. The number of ketones is 1. The van der Waals surface area contributed by atoms with Crippen LogP contribution in [0.15, 0.2) is 24.3 Å². The standard InChI is InChI=1S/C13H17NO/c1-10-6-3-4-7-11(10)13(2)12(15)8-5-9-14-13/h3-4,6-7,14H,5,8-9H2,1-2H3. The third kappa shape index (κ3) is 1.70. The molecule has 0 bridgehead atoms. The van der Waals surface area contributed by atoms with E-state index < -0.39 is 5.54 Å². The fraction of sp³-hybridized carbons (Fsp3) is 0.462. The van der Waals surface area contributed by atoms with Crippen LogP contribution in [0.25, 0.3) is 0 Å². The molecule has 80 valence electrons. The number of benzene rings is 1. The summed E-state index contributed by atoms with van der Waals surface area (Å²) in [5.74, 6) is 0.308. The van der Waals surface area contributed by atoms with E-state index in [1.54, 1.807) is 0 Å². The van der Waals surface area contributed by atoms with Crippen LogP contribution in [0, 0.1) is 6.92 Å². The predicted octanol–water partition coefficient (Wildman–Crippen LogP) is 2.16. The van der Waals surface area contributed by atoms with Gasteiger partial charge in [0, 0.05) is 6.42 Å². The number of carbonyl (C=O) groups excluding carboxylic acids is 1. The molecule has 1 atom stereocenters. The SMILES string of the molecule is Cc1ccccc1C1(C)NCCCC1=O. The lowest BCUT2D eigenvalue weighted by Crippen LogP contribution is -2.50.